The molecule has 2 aromatic rings. The predicted octanol–water partition coefficient (Wildman–Crippen LogP) is 2.61. The van der Waals surface area contributed by atoms with E-state index in [0.29, 0.717) is 68.0 Å². The molecule has 2 N–H and O–H groups in total. The number of nitrogens with one attached hydrogen (secondary N) is 1. The van der Waals surface area contributed by atoms with Gasteiger partial charge in [-0.2, -0.15) is 4.98 Å². The molecule has 190 valence electrons. The number of aliphatic hydroxyl groups is 1. The first kappa shape index (κ1) is 25.1. The molecule has 0 bridgehead atoms. The number of pyridine rings is 1. The maximum atomic E-state index is 14.3. The second-order valence-corrected chi connectivity index (χ2v) is 10.0. The highest BCUT2D eigenvalue weighted by atomic mass is 19.1. The highest BCUT2D eigenvalue weighted by molar-refractivity contribution is 5.69. The van der Waals surface area contributed by atoms with Gasteiger partial charge in [-0.15, -0.1) is 0 Å². The van der Waals surface area contributed by atoms with E-state index in [-0.39, 0.29) is 13.2 Å². The summed E-state index contributed by atoms with van der Waals surface area (Å²) >= 11 is 0. The molecular formula is C24H33FN6O4. The lowest BCUT2D eigenvalue weighted by atomic mass is 10.00. The van der Waals surface area contributed by atoms with Crippen LogP contribution < -0.4 is 10.2 Å². The van der Waals surface area contributed by atoms with E-state index < -0.39 is 23.1 Å². The van der Waals surface area contributed by atoms with Crippen molar-refractivity contribution in [1.29, 1.82) is 0 Å². The van der Waals surface area contributed by atoms with Gasteiger partial charge in [0.25, 0.3) is 0 Å². The molecule has 10 nitrogen and oxygen atoms in total. The molecular weight excluding hydrogens is 455 g/mol. The van der Waals surface area contributed by atoms with Crippen molar-refractivity contribution in [3.63, 3.8) is 0 Å². The van der Waals surface area contributed by atoms with Crippen molar-refractivity contribution in [3.05, 3.63) is 29.8 Å². The maximum Gasteiger partial charge on any atom is 0.410 e. The summed E-state index contributed by atoms with van der Waals surface area (Å²) in [6, 6.07) is 3.11. The van der Waals surface area contributed by atoms with Crippen LogP contribution in [0, 0.1) is 12.7 Å². The maximum absolute atomic E-state index is 14.3. The number of halogens is 1. The zero-order valence-electron chi connectivity index (χ0n) is 20.7. The Balaban J connectivity index is 1.63. The van der Waals surface area contributed by atoms with Gasteiger partial charge >= 0.3 is 6.09 Å². The lowest BCUT2D eigenvalue weighted by Crippen LogP contribution is -2.46. The zero-order chi connectivity index (χ0) is 25.2. The van der Waals surface area contributed by atoms with Crippen LogP contribution in [0.1, 0.15) is 32.9 Å². The van der Waals surface area contributed by atoms with Gasteiger partial charge in [0.15, 0.2) is 0 Å². The highest BCUT2D eigenvalue weighted by Gasteiger charge is 2.41. The van der Waals surface area contributed by atoms with Crippen LogP contribution in [0.2, 0.25) is 0 Å². The lowest BCUT2D eigenvalue weighted by molar-refractivity contribution is 0.0281. The topological polar surface area (TPSA) is 113 Å². The number of hydrogen-bond acceptors (Lipinski definition) is 9. The van der Waals surface area contributed by atoms with Gasteiger partial charge in [-0.1, -0.05) is 0 Å². The number of amides is 1. The van der Waals surface area contributed by atoms with E-state index >= 15 is 0 Å². The van der Waals surface area contributed by atoms with Crippen LogP contribution in [0.15, 0.2) is 18.3 Å². The minimum atomic E-state index is -0.804. The molecule has 2 aliphatic heterocycles. The quantitative estimate of drug-likeness (QED) is 0.656. The van der Waals surface area contributed by atoms with Crippen LogP contribution in [0.5, 0.6) is 0 Å². The summed E-state index contributed by atoms with van der Waals surface area (Å²) < 4.78 is 25.2. The fourth-order valence-electron chi connectivity index (χ4n) is 4.09. The predicted molar refractivity (Wildman–Crippen MR) is 129 cm³/mol. The first-order valence-electron chi connectivity index (χ1n) is 11.8. The van der Waals surface area contributed by atoms with Crippen molar-refractivity contribution in [2.24, 2.45) is 0 Å². The van der Waals surface area contributed by atoms with Gasteiger partial charge in [-0.05, 0) is 40.2 Å². The van der Waals surface area contributed by atoms with Gasteiger partial charge < -0.3 is 29.7 Å². The number of carbonyl (C=O) groups is 1. The number of anilines is 2. The molecule has 2 saturated heterocycles. The molecule has 1 amide bonds. The van der Waals surface area contributed by atoms with Gasteiger partial charge in [-0.25, -0.2) is 14.2 Å². The molecule has 4 heterocycles. The third-order valence-electron chi connectivity index (χ3n) is 6.03. The number of likely N-dealkylation sites (tertiary alicyclic amines) is 1. The summed E-state index contributed by atoms with van der Waals surface area (Å²) in [5.41, 5.74) is -0.0805. The van der Waals surface area contributed by atoms with Crippen LogP contribution in [0.3, 0.4) is 0 Å². The van der Waals surface area contributed by atoms with Gasteiger partial charge in [0, 0.05) is 44.0 Å². The number of aryl methyl sites for hydroxylation is 1. The molecule has 0 aliphatic carbocycles. The standard InChI is InChI=1S/C24H33FN6O4/c1-16-18(25)11-17(13-26-16)19-12-20(28-21(27-19)30-7-9-34-10-8-30)29-24(15-32)5-6-31(14-24)22(33)35-23(2,3)4/h11-13,32H,5-10,14-15H2,1-4H3,(H,27,28,29)/t24-/m0/s1. The molecule has 0 aromatic carbocycles. The molecule has 0 saturated carbocycles. The molecule has 0 radical (unpaired) electrons. The van der Waals surface area contributed by atoms with E-state index in [0.717, 1.165) is 0 Å². The van der Waals surface area contributed by atoms with Crippen molar-refractivity contribution in [2.45, 2.75) is 45.3 Å². The average Bonchev–Trinajstić information content (AvgIpc) is 3.25. The zero-order valence-corrected chi connectivity index (χ0v) is 20.7. The van der Waals surface area contributed by atoms with Gasteiger partial charge in [0.05, 0.1) is 36.7 Å². The number of aromatic nitrogens is 3. The summed E-state index contributed by atoms with van der Waals surface area (Å²) in [5, 5.41) is 13.7. The molecule has 0 unspecified atom stereocenters. The number of aliphatic hydroxyl groups excluding tert-OH is 1. The summed E-state index contributed by atoms with van der Waals surface area (Å²) in [6.45, 7) is 9.90. The average molecular weight is 489 g/mol. The minimum absolute atomic E-state index is 0.209. The summed E-state index contributed by atoms with van der Waals surface area (Å²) in [7, 11) is 0. The second-order valence-electron chi connectivity index (χ2n) is 10.0. The van der Waals surface area contributed by atoms with Crippen LogP contribution in [-0.4, -0.2) is 88.2 Å². The normalized spacial score (nSPS) is 20.7. The van der Waals surface area contributed by atoms with Crippen LogP contribution in [-0.2, 0) is 9.47 Å². The van der Waals surface area contributed by atoms with Crippen molar-refractivity contribution < 1.29 is 23.8 Å². The Labute approximate surface area is 204 Å². The Morgan fingerprint density at radius 3 is 2.66 bits per heavy atom. The number of morpholine rings is 1. The van der Waals surface area contributed by atoms with Crippen molar-refractivity contribution in [2.75, 3.05) is 56.2 Å². The summed E-state index contributed by atoms with van der Waals surface area (Å²) in [4.78, 5) is 29.7. The van der Waals surface area contributed by atoms with Crippen molar-refractivity contribution in [1.82, 2.24) is 19.9 Å². The molecule has 11 heteroatoms. The molecule has 35 heavy (non-hydrogen) atoms. The summed E-state index contributed by atoms with van der Waals surface area (Å²) in [5.74, 6) is 0.529. The largest absolute Gasteiger partial charge is 0.444 e. The number of ether oxygens (including phenoxy) is 2. The van der Waals surface area contributed by atoms with Gasteiger partial charge in [-0.3, -0.25) is 4.98 Å². The van der Waals surface area contributed by atoms with E-state index in [1.54, 1.807) is 24.1 Å². The Morgan fingerprint density at radius 1 is 1.26 bits per heavy atom. The number of nitrogens with zero attached hydrogens (tertiary/aromatic N) is 5. The summed E-state index contributed by atoms with van der Waals surface area (Å²) in [6.07, 6.45) is 1.67. The monoisotopic (exact) mass is 488 g/mol. The SMILES string of the molecule is Cc1ncc(-c2cc(N[C@@]3(CO)CCN(C(=O)OC(C)(C)C)C3)nc(N3CCOCC3)n2)cc1F. The number of carbonyl (C=O) groups excluding carboxylic acids is 1. The Hall–Kier alpha value is -3.05. The van der Waals surface area contributed by atoms with Crippen molar-refractivity contribution in [3.8, 4) is 11.3 Å². The van der Waals surface area contributed by atoms with Crippen LogP contribution >= 0.6 is 0 Å². The van der Waals surface area contributed by atoms with E-state index in [9.17, 15) is 14.3 Å². The number of hydrogen-bond donors (Lipinski definition) is 2. The lowest BCUT2D eigenvalue weighted by Gasteiger charge is -2.31. The van der Waals surface area contributed by atoms with Crippen molar-refractivity contribution >= 4 is 17.9 Å². The van der Waals surface area contributed by atoms with E-state index in [4.69, 9.17) is 14.5 Å². The molecule has 1 atom stereocenters. The molecule has 2 fully saturated rings. The minimum Gasteiger partial charge on any atom is -0.444 e. The Morgan fingerprint density at radius 2 is 2.00 bits per heavy atom. The van der Waals surface area contributed by atoms with E-state index in [2.05, 4.69) is 15.3 Å². The van der Waals surface area contributed by atoms with Crippen LogP contribution in [0.25, 0.3) is 11.3 Å². The fourth-order valence-corrected chi connectivity index (χ4v) is 4.09. The first-order valence-corrected chi connectivity index (χ1v) is 11.8. The van der Waals surface area contributed by atoms with Crippen LogP contribution in [0.4, 0.5) is 21.0 Å². The third kappa shape index (κ3) is 5.96. The smallest absolute Gasteiger partial charge is 0.410 e. The number of rotatable bonds is 5. The molecule has 2 aliphatic rings. The van der Waals surface area contributed by atoms with Gasteiger partial charge in [0.1, 0.15) is 17.2 Å². The van der Waals surface area contributed by atoms with Gasteiger partial charge in [0.2, 0.25) is 5.95 Å². The first-order chi connectivity index (χ1) is 16.6. The molecule has 4 rings (SSSR count). The Kier molecular flexibility index (Phi) is 7.09. The van der Waals surface area contributed by atoms with E-state index in [1.807, 2.05) is 25.7 Å². The molecule has 2 aromatic heterocycles. The fraction of sp³-hybridized carbons (Fsp3) is 0.583. The highest BCUT2D eigenvalue weighted by Crippen LogP contribution is 2.30. The molecule has 0 spiro atoms. The third-order valence-corrected chi connectivity index (χ3v) is 6.03. The second kappa shape index (κ2) is 9.90. The van der Waals surface area contributed by atoms with E-state index in [1.165, 1.54) is 6.07 Å². The Bertz CT molecular complexity index is 1070.